The van der Waals surface area contributed by atoms with Gasteiger partial charge in [-0.3, -0.25) is 4.79 Å². The molecule has 0 bridgehead atoms. The van der Waals surface area contributed by atoms with Crippen molar-refractivity contribution in [2.24, 2.45) is 4.30 Å². The van der Waals surface area contributed by atoms with Crippen LogP contribution < -0.4 is 21.7 Å². The normalized spacial score (nSPS) is 11.9. The van der Waals surface area contributed by atoms with Gasteiger partial charge < -0.3 is 31.3 Å². The van der Waals surface area contributed by atoms with E-state index in [0.29, 0.717) is 4.78 Å². The van der Waals surface area contributed by atoms with Crippen molar-refractivity contribution in [1.82, 2.24) is 39.9 Å². The van der Waals surface area contributed by atoms with E-state index in [4.69, 9.17) is 36.1 Å². The van der Waals surface area contributed by atoms with Crippen LogP contribution in [0.4, 0.5) is 11.4 Å². The number of thiophene rings is 4. The fraction of sp³-hybridized carbons (Fsp3) is 0.196. The minimum absolute atomic E-state index is 0.0746. The first-order valence-corrected chi connectivity index (χ1v) is 30.3. The molecule has 1 aliphatic heterocycles. The molecule has 0 atom stereocenters. The summed E-state index contributed by atoms with van der Waals surface area (Å²) >= 11 is 16.4. The summed E-state index contributed by atoms with van der Waals surface area (Å²) in [5.74, 6) is -0.833. The summed E-state index contributed by atoms with van der Waals surface area (Å²) in [7, 11) is 5.31. The van der Waals surface area contributed by atoms with Gasteiger partial charge in [-0.2, -0.15) is 11.3 Å². The number of benzene rings is 2. The first-order valence-electron chi connectivity index (χ1n) is 24.9. The predicted octanol–water partition coefficient (Wildman–Crippen LogP) is 12.5. The maximum absolute atomic E-state index is 9.00. The number of hydrogen-bond donors (Lipinski definition) is 6. The van der Waals surface area contributed by atoms with Gasteiger partial charge in [-0.1, -0.05) is 43.6 Å². The summed E-state index contributed by atoms with van der Waals surface area (Å²) in [6, 6.07) is 24.1. The van der Waals surface area contributed by atoms with Crippen molar-refractivity contribution < 1.29 is 24.6 Å². The molecule has 1 aliphatic rings. The zero-order chi connectivity index (χ0) is 61.1. The van der Waals surface area contributed by atoms with Gasteiger partial charge in [0, 0.05) is 114 Å². The number of carbonyl (C=O) groups is 1. The Morgan fingerprint density at radius 3 is 1.41 bits per heavy atom. The number of anilines is 2. The van der Waals surface area contributed by atoms with Crippen LogP contribution in [0.5, 0.6) is 0 Å². The summed E-state index contributed by atoms with van der Waals surface area (Å²) in [6.07, 6.45) is 20.5. The van der Waals surface area contributed by atoms with E-state index in [1.165, 1.54) is 68.7 Å². The van der Waals surface area contributed by atoms with E-state index in [2.05, 4.69) is 188 Å². The average molecular weight is 1330 g/mol. The van der Waals surface area contributed by atoms with Crippen LogP contribution in [0.2, 0.25) is 5.31 Å². The molecule has 0 saturated carbocycles. The van der Waals surface area contributed by atoms with E-state index in [0.717, 1.165) is 45.0 Å². The van der Waals surface area contributed by atoms with Gasteiger partial charge in [-0.15, -0.1) is 34.0 Å². The molecule has 2 aromatic carbocycles. The van der Waals surface area contributed by atoms with Gasteiger partial charge >= 0.3 is 31.9 Å². The summed E-state index contributed by atoms with van der Waals surface area (Å²) in [6.45, 7) is 18.1. The van der Waals surface area contributed by atoms with Gasteiger partial charge in [0.15, 0.2) is 0 Å². The minimum atomic E-state index is -1.30. The number of nitrogen functional groups attached to an aromatic ring is 2. The Kier molecular flexibility index (Phi) is 29.5. The van der Waals surface area contributed by atoms with Crippen molar-refractivity contribution in [3.8, 4) is 41.8 Å². The third kappa shape index (κ3) is 24.2. The molecular formula is C56H61B4Br2N11O5S5. The molecule has 11 rings (SSSR count). The number of nitrogens with zero attached hydrogens (tertiary/aromatic N) is 9. The number of hydrogen-bond acceptors (Lipinski definition) is 20. The number of aromatic nitrogens is 8. The molecule has 0 unspecified atom stereocenters. The fourth-order valence-electron chi connectivity index (χ4n) is 6.81. The zero-order valence-electron chi connectivity index (χ0n) is 47.0. The Morgan fingerprint density at radius 2 is 1.06 bits per heavy atom. The number of thiol groups is 1. The van der Waals surface area contributed by atoms with Crippen molar-refractivity contribution in [3.05, 3.63) is 189 Å². The SMILES string of the molecule is Brc1cncnc1.CC(=O)O.CC1(C)[B]B(c2ccc(N)cc2)OC1(C)C.Cc1cc(-c2cncnc2)sc1-c1ccc(N)cc1.Cc1cc(-c2cncnc2)sc1Br.Cc1csc(-c2cncnc2)c1.Cc1csc(B(O)O)c1.[B]=NS. The van der Waals surface area contributed by atoms with E-state index < -0.39 is 13.1 Å². The standard InChI is InChI=1S/C15H13N3S.C12H18B2NO.C9H7BrN2S.C9H8N2S.C5H7BO2S.C4H3BrN2.C2H4O2.BHNS/c1-10-6-14(12-7-17-9-18-8-12)19-15(10)11-2-4-13(16)5-3-11;1-11(2)12(3,4)16-14(13-11)9-5-7-10(15)8-6-9;1-6-2-8(13-9(6)10)7-3-11-5-12-4-7;1-7-2-9(12-5-7)8-3-10-6-11-4-8;1-4-2-5(6(7)8)9-3-4;5-4-1-6-3-7-2-4;1-2(3)4;1-2-3/h2-9H,16H2,1H3;5-8H,15H2,1-4H3;2-5H,1H3;2-6H,1H3;2-3,7-8H,1H3;1-3H;1H3,(H,3,4);3H. The van der Waals surface area contributed by atoms with Crippen LogP contribution in [0.15, 0.2) is 171 Å². The Morgan fingerprint density at radius 1 is 0.651 bits per heavy atom. The number of aryl methyl sites for hydroxylation is 4. The van der Waals surface area contributed by atoms with Gasteiger partial charge in [0.2, 0.25) is 0 Å². The van der Waals surface area contributed by atoms with Crippen LogP contribution in [-0.4, -0.2) is 95.3 Å². The third-order valence-electron chi connectivity index (χ3n) is 11.6. The monoisotopic (exact) mass is 1330 g/mol. The second-order valence-electron chi connectivity index (χ2n) is 18.9. The number of carboxylic acids is 1. The van der Waals surface area contributed by atoms with Crippen LogP contribution in [0, 0.1) is 27.7 Å². The molecule has 10 aromatic rings. The maximum atomic E-state index is 9.00. The van der Waals surface area contributed by atoms with E-state index in [1.807, 2.05) is 85.9 Å². The molecule has 7 N–H and O–H groups in total. The van der Waals surface area contributed by atoms with Crippen molar-refractivity contribution >= 4 is 146 Å². The molecule has 8 aromatic heterocycles. The summed E-state index contributed by atoms with van der Waals surface area (Å²) in [5.41, 5.74) is 23.3. The van der Waals surface area contributed by atoms with Crippen LogP contribution >= 0.6 is 90.0 Å². The molecule has 83 heavy (non-hydrogen) atoms. The fourth-order valence-corrected chi connectivity index (χ4v) is 11.4. The average Bonchev–Trinajstić information content (AvgIpc) is 4.52. The van der Waals surface area contributed by atoms with Crippen molar-refractivity contribution in [2.45, 2.75) is 73.2 Å². The van der Waals surface area contributed by atoms with Gasteiger partial charge in [0.05, 0.1) is 8.26 Å². The molecule has 0 amide bonds. The van der Waals surface area contributed by atoms with E-state index in [9.17, 15) is 0 Å². The van der Waals surface area contributed by atoms with Gasteiger partial charge in [-0.25, -0.2) is 39.9 Å². The topological polar surface area (TPSA) is 255 Å². The molecule has 1 saturated heterocycles. The van der Waals surface area contributed by atoms with E-state index in [1.54, 1.807) is 71.5 Å². The summed E-state index contributed by atoms with van der Waals surface area (Å²) < 4.78 is 11.5. The van der Waals surface area contributed by atoms with E-state index >= 15 is 0 Å². The second-order valence-corrected chi connectivity index (χ2v) is 25.3. The summed E-state index contributed by atoms with van der Waals surface area (Å²) in [5, 5.41) is 28.7. The van der Waals surface area contributed by atoms with Crippen LogP contribution in [0.3, 0.4) is 0 Å². The Bertz CT molecular complexity index is 3450. The van der Waals surface area contributed by atoms with Crippen LogP contribution in [0.1, 0.15) is 56.9 Å². The summed E-state index contributed by atoms with van der Waals surface area (Å²) in [4.78, 5) is 45.3. The molecule has 2 radical (unpaired) electrons. The third-order valence-corrected chi connectivity index (χ3v) is 17.7. The van der Waals surface area contributed by atoms with Gasteiger partial charge in [0.1, 0.15) is 32.5 Å². The Hall–Kier alpha value is -6.12. The Balaban J connectivity index is 0.000000214. The van der Waals surface area contributed by atoms with Crippen molar-refractivity contribution in [1.29, 1.82) is 0 Å². The van der Waals surface area contributed by atoms with Gasteiger partial charge in [0.25, 0.3) is 12.8 Å². The van der Waals surface area contributed by atoms with Gasteiger partial charge in [-0.05, 0) is 166 Å². The first-order chi connectivity index (χ1) is 39.4. The molecular weight excluding hydrogens is 1270 g/mol. The number of rotatable bonds is 6. The predicted molar refractivity (Wildman–Crippen MR) is 358 cm³/mol. The number of nitrogens with two attached hydrogens (primary N) is 2. The number of carboxylic acid groups (broad SMARTS) is 1. The number of halogens is 2. The molecule has 0 aliphatic carbocycles. The Labute approximate surface area is 526 Å². The van der Waals surface area contributed by atoms with Crippen LogP contribution in [0.25, 0.3) is 41.8 Å². The van der Waals surface area contributed by atoms with E-state index in [-0.39, 0.29) is 17.7 Å². The first kappa shape index (κ1) is 69.4. The van der Waals surface area contributed by atoms with Crippen molar-refractivity contribution in [3.63, 3.8) is 0 Å². The molecule has 0 spiro atoms. The number of aliphatic carboxylic acids is 1. The molecule has 426 valence electrons. The molecule has 9 heterocycles. The zero-order valence-corrected chi connectivity index (χ0v) is 54.3. The molecule has 27 heteroatoms. The second kappa shape index (κ2) is 35.2. The molecule has 16 nitrogen and oxygen atoms in total. The van der Waals surface area contributed by atoms with Crippen LogP contribution in [-0.2, 0) is 9.45 Å². The van der Waals surface area contributed by atoms with Crippen molar-refractivity contribution in [2.75, 3.05) is 11.5 Å². The quantitative estimate of drug-likeness (QED) is 0.0514. The molecule has 1 fully saturated rings.